The standard InChI is InChI=1S/C9H8NO3PS/c11-14(12)9(13-14,10-7-15)6-8-4-2-1-3-5-8/h1-5H,6H2,(H,11,12). The molecule has 78 valence electrons. The molecule has 1 saturated heterocycles. The molecular formula is C9H8NO3PS. The van der Waals surface area contributed by atoms with Crippen molar-refractivity contribution in [1.29, 1.82) is 0 Å². The molecule has 2 atom stereocenters. The molecule has 0 bridgehead atoms. The van der Waals surface area contributed by atoms with Crippen LogP contribution in [0.4, 0.5) is 0 Å². The van der Waals surface area contributed by atoms with E-state index in [-0.39, 0.29) is 6.42 Å². The molecule has 2 rings (SSSR count). The minimum Gasteiger partial charge on any atom is -0.321 e. The lowest BCUT2D eigenvalue weighted by Gasteiger charge is -2.02. The number of isothiocyanates is 1. The monoisotopic (exact) mass is 241 g/mol. The summed E-state index contributed by atoms with van der Waals surface area (Å²) in [6.45, 7) is 0. The van der Waals surface area contributed by atoms with Crippen LogP contribution in [0.5, 0.6) is 0 Å². The Hall–Kier alpha value is -0.830. The normalized spacial score (nSPS) is 33.1. The van der Waals surface area contributed by atoms with Gasteiger partial charge in [-0.1, -0.05) is 30.3 Å². The van der Waals surface area contributed by atoms with Crippen LogP contribution in [-0.2, 0) is 15.5 Å². The van der Waals surface area contributed by atoms with Crippen LogP contribution in [0.25, 0.3) is 0 Å². The van der Waals surface area contributed by atoms with Gasteiger partial charge in [-0.05, 0) is 17.8 Å². The molecule has 1 aliphatic heterocycles. The molecule has 0 radical (unpaired) electrons. The maximum Gasteiger partial charge on any atom is 0.386 e. The lowest BCUT2D eigenvalue weighted by molar-refractivity contribution is 0.321. The van der Waals surface area contributed by atoms with E-state index in [1.165, 1.54) is 0 Å². The molecule has 0 aromatic heterocycles. The van der Waals surface area contributed by atoms with Crippen LogP contribution in [0.2, 0.25) is 0 Å². The Bertz CT molecular complexity index is 472. The third-order valence-corrected chi connectivity index (χ3v) is 3.88. The summed E-state index contributed by atoms with van der Waals surface area (Å²) >= 11 is 4.43. The van der Waals surface area contributed by atoms with Gasteiger partial charge in [-0.3, -0.25) is 9.09 Å². The lowest BCUT2D eigenvalue weighted by Crippen LogP contribution is -2.09. The summed E-state index contributed by atoms with van der Waals surface area (Å²) in [6, 6.07) is 9.22. The Morgan fingerprint density at radius 3 is 2.60 bits per heavy atom. The van der Waals surface area contributed by atoms with Crippen molar-refractivity contribution in [3.05, 3.63) is 35.9 Å². The van der Waals surface area contributed by atoms with E-state index in [1.54, 1.807) is 0 Å². The van der Waals surface area contributed by atoms with E-state index in [2.05, 4.69) is 22.4 Å². The highest BCUT2D eigenvalue weighted by Gasteiger charge is 2.69. The molecule has 1 N–H and O–H groups in total. The molecule has 0 aliphatic carbocycles. The van der Waals surface area contributed by atoms with Gasteiger partial charge in [-0.2, -0.15) is 4.99 Å². The fourth-order valence-electron chi connectivity index (χ4n) is 1.37. The first-order chi connectivity index (χ1) is 7.10. The van der Waals surface area contributed by atoms with Gasteiger partial charge in [0.25, 0.3) is 5.47 Å². The first-order valence-corrected chi connectivity index (χ1v) is 6.25. The molecular weight excluding hydrogens is 233 g/mol. The minimum atomic E-state index is -3.61. The van der Waals surface area contributed by atoms with Gasteiger partial charge >= 0.3 is 7.60 Å². The third-order valence-electron chi connectivity index (χ3n) is 2.18. The Balaban J connectivity index is 2.25. The zero-order valence-electron chi connectivity index (χ0n) is 7.66. The first kappa shape index (κ1) is 10.7. The van der Waals surface area contributed by atoms with Crippen molar-refractivity contribution in [2.75, 3.05) is 0 Å². The predicted octanol–water partition coefficient (Wildman–Crippen LogP) is 2.20. The largest absolute Gasteiger partial charge is 0.386 e. The predicted molar refractivity (Wildman–Crippen MR) is 58.8 cm³/mol. The summed E-state index contributed by atoms with van der Waals surface area (Å²) in [4.78, 5) is 12.9. The zero-order valence-corrected chi connectivity index (χ0v) is 9.37. The number of nitrogens with zero attached hydrogens (tertiary/aromatic N) is 1. The second-order valence-electron chi connectivity index (χ2n) is 3.22. The topological polar surface area (TPSA) is 62.2 Å². The third kappa shape index (κ3) is 1.93. The number of hydrogen-bond donors (Lipinski definition) is 1. The summed E-state index contributed by atoms with van der Waals surface area (Å²) in [7, 11) is -3.61. The van der Waals surface area contributed by atoms with Crippen LogP contribution >= 0.6 is 19.8 Å². The highest BCUT2D eigenvalue weighted by Crippen LogP contribution is 2.76. The van der Waals surface area contributed by atoms with Gasteiger partial charge in [0.2, 0.25) is 0 Å². The summed E-state index contributed by atoms with van der Waals surface area (Å²) in [5, 5.41) is 2.10. The van der Waals surface area contributed by atoms with Crippen molar-refractivity contribution in [3.8, 4) is 0 Å². The smallest absolute Gasteiger partial charge is 0.321 e. The highest BCUT2D eigenvalue weighted by atomic mass is 32.1. The van der Waals surface area contributed by atoms with Gasteiger partial charge < -0.3 is 4.89 Å². The van der Waals surface area contributed by atoms with Gasteiger partial charge in [0.1, 0.15) is 0 Å². The maximum absolute atomic E-state index is 11.3. The van der Waals surface area contributed by atoms with E-state index in [0.717, 1.165) is 5.56 Å². The van der Waals surface area contributed by atoms with Gasteiger partial charge in [-0.15, -0.1) is 0 Å². The molecule has 1 fully saturated rings. The van der Waals surface area contributed by atoms with Gasteiger partial charge in [-0.25, -0.2) is 0 Å². The lowest BCUT2D eigenvalue weighted by atomic mass is 10.1. The quantitative estimate of drug-likeness (QED) is 0.381. The van der Waals surface area contributed by atoms with Crippen molar-refractivity contribution in [3.63, 3.8) is 0 Å². The van der Waals surface area contributed by atoms with Gasteiger partial charge in [0.05, 0.1) is 5.16 Å². The molecule has 1 aliphatic rings. The van der Waals surface area contributed by atoms with E-state index in [1.807, 2.05) is 30.3 Å². The molecule has 15 heavy (non-hydrogen) atoms. The molecule has 1 aromatic rings. The molecule has 0 spiro atoms. The van der Waals surface area contributed by atoms with Crippen LogP contribution < -0.4 is 0 Å². The van der Waals surface area contributed by atoms with Crippen molar-refractivity contribution in [2.45, 2.75) is 11.9 Å². The number of benzene rings is 1. The molecule has 0 amide bonds. The molecule has 4 nitrogen and oxygen atoms in total. The zero-order chi connectivity index (χ0) is 10.9. The van der Waals surface area contributed by atoms with Gasteiger partial charge in [0.15, 0.2) is 0 Å². The molecule has 1 heterocycles. The fourth-order valence-corrected chi connectivity index (χ4v) is 2.81. The Kier molecular flexibility index (Phi) is 2.59. The minimum absolute atomic E-state index is 0.241. The van der Waals surface area contributed by atoms with Gasteiger partial charge in [0, 0.05) is 6.42 Å². The van der Waals surface area contributed by atoms with E-state index >= 15 is 0 Å². The van der Waals surface area contributed by atoms with Crippen LogP contribution in [0.1, 0.15) is 5.56 Å². The Labute approximate surface area is 92.1 Å². The average Bonchev–Trinajstić information content (AvgIpc) is 2.69. The maximum atomic E-state index is 11.3. The van der Waals surface area contributed by atoms with Crippen molar-refractivity contribution in [1.82, 2.24) is 0 Å². The average molecular weight is 241 g/mol. The summed E-state index contributed by atoms with van der Waals surface area (Å²) in [5.41, 5.74) is -0.505. The SMILES string of the molecule is O=P1(O)OC1(Cc1ccccc1)N=C=S. The van der Waals surface area contributed by atoms with Crippen molar-refractivity contribution in [2.24, 2.45) is 4.99 Å². The van der Waals surface area contributed by atoms with Crippen LogP contribution in [-0.4, -0.2) is 15.5 Å². The second kappa shape index (κ2) is 3.63. The van der Waals surface area contributed by atoms with Crippen LogP contribution in [0, 0.1) is 0 Å². The number of thiocarbonyl (C=S) groups is 1. The number of aliphatic imine (C=N–C) groups is 1. The second-order valence-corrected chi connectivity index (χ2v) is 5.33. The first-order valence-electron chi connectivity index (χ1n) is 4.26. The fraction of sp³-hybridized carbons (Fsp3) is 0.222. The number of hydrogen-bond acceptors (Lipinski definition) is 4. The molecule has 0 saturated carbocycles. The summed E-state index contributed by atoms with van der Waals surface area (Å²) in [6.07, 6.45) is 0.241. The Morgan fingerprint density at radius 2 is 2.13 bits per heavy atom. The van der Waals surface area contributed by atoms with Crippen LogP contribution in [0.3, 0.4) is 0 Å². The highest BCUT2D eigenvalue weighted by molar-refractivity contribution is 7.78. The van der Waals surface area contributed by atoms with Crippen molar-refractivity contribution < 1.29 is 14.0 Å². The van der Waals surface area contributed by atoms with E-state index < -0.39 is 13.1 Å². The molecule has 1 aromatic carbocycles. The molecule has 2 unspecified atom stereocenters. The van der Waals surface area contributed by atoms with Crippen molar-refractivity contribution >= 4 is 25.0 Å². The summed E-state index contributed by atoms with van der Waals surface area (Å²) in [5.74, 6) is 0. The van der Waals surface area contributed by atoms with E-state index in [0.29, 0.717) is 0 Å². The Morgan fingerprint density at radius 1 is 1.53 bits per heavy atom. The van der Waals surface area contributed by atoms with Crippen LogP contribution in [0.15, 0.2) is 35.3 Å². The number of rotatable bonds is 3. The summed E-state index contributed by atoms with van der Waals surface area (Å²) < 4.78 is 16.1. The molecule has 6 heteroatoms. The van der Waals surface area contributed by atoms with E-state index in [4.69, 9.17) is 4.52 Å². The van der Waals surface area contributed by atoms with E-state index in [9.17, 15) is 9.46 Å².